The molecule has 3 heterocycles. The van der Waals surface area contributed by atoms with E-state index in [4.69, 9.17) is 9.47 Å². The first-order valence-electron chi connectivity index (χ1n) is 8.82. The van der Waals surface area contributed by atoms with Gasteiger partial charge in [0.25, 0.3) is 5.56 Å². The first-order valence-corrected chi connectivity index (χ1v) is 10.5. The molecule has 1 atom stereocenters. The molecule has 0 aliphatic carbocycles. The highest BCUT2D eigenvalue weighted by molar-refractivity contribution is 7.10. The van der Waals surface area contributed by atoms with Crippen LogP contribution >= 0.6 is 22.7 Å². The van der Waals surface area contributed by atoms with E-state index in [0.717, 1.165) is 10.4 Å². The van der Waals surface area contributed by atoms with Crippen LogP contribution in [0.25, 0.3) is 6.08 Å². The summed E-state index contributed by atoms with van der Waals surface area (Å²) in [5.74, 6) is 0.197. The SMILES string of the molecule is COC(=O)C1=C(C)N=c2s/c(=C\c3ccccc3OC)c(=O)n2[C@H]1c1cccs1. The summed E-state index contributed by atoms with van der Waals surface area (Å²) in [6.07, 6.45) is 1.80. The molecule has 8 heteroatoms. The summed E-state index contributed by atoms with van der Waals surface area (Å²) in [7, 11) is 2.93. The van der Waals surface area contributed by atoms with Gasteiger partial charge in [-0.1, -0.05) is 35.6 Å². The molecule has 3 aromatic rings. The Hall–Kier alpha value is -2.97. The van der Waals surface area contributed by atoms with Gasteiger partial charge in [-0.25, -0.2) is 9.79 Å². The lowest BCUT2D eigenvalue weighted by molar-refractivity contribution is -0.136. The zero-order valence-corrected chi connectivity index (χ0v) is 17.7. The highest BCUT2D eigenvalue weighted by atomic mass is 32.1. The number of carbonyl (C=O) groups excluding carboxylic acids is 1. The second-order valence-electron chi connectivity index (χ2n) is 6.33. The van der Waals surface area contributed by atoms with Crippen molar-refractivity contribution in [2.45, 2.75) is 13.0 Å². The Morgan fingerprint density at radius 2 is 2.00 bits per heavy atom. The third-order valence-electron chi connectivity index (χ3n) is 4.67. The average molecular weight is 427 g/mol. The van der Waals surface area contributed by atoms with Crippen LogP contribution < -0.4 is 19.6 Å². The van der Waals surface area contributed by atoms with Gasteiger partial charge in [-0.05, 0) is 30.5 Å². The highest BCUT2D eigenvalue weighted by Crippen LogP contribution is 2.33. The normalized spacial score (nSPS) is 16.4. The summed E-state index contributed by atoms with van der Waals surface area (Å²) in [5, 5.41) is 1.92. The van der Waals surface area contributed by atoms with Gasteiger partial charge in [0.1, 0.15) is 11.8 Å². The van der Waals surface area contributed by atoms with Crippen molar-refractivity contribution in [3.63, 3.8) is 0 Å². The molecule has 0 saturated heterocycles. The zero-order valence-electron chi connectivity index (χ0n) is 16.0. The van der Waals surface area contributed by atoms with Crippen molar-refractivity contribution in [2.24, 2.45) is 4.99 Å². The van der Waals surface area contributed by atoms with E-state index < -0.39 is 12.0 Å². The fraction of sp³-hybridized carbons (Fsp3) is 0.190. The second-order valence-corrected chi connectivity index (χ2v) is 8.32. The van der Waals surface area contributed by atoms with Gasteiger partial charge in [0.2, 0.25) is 0 Å². The Balaban J connectivity index is 1.98. The van der Waals surface area contributed by atoms with E-state index in [1.807, 2.05) is 41.8 Å². The van der Waals surface area contributed by atoms with Crippen LogP contribution in [0.2, 0.25) is 0 Å². The number of hydrogen-bond donors (Lipinski definition) is 0. The maximum atomic E-state index is 13.4. The number of esters is 1. The van der Waals surface area contributed by atoms with Crippen molar-refractivity contribution >= 4 is 34.7 Å². The summed E-state index contributed by atoms with van der Waals surface area (Å²) in [5.41, 5.74) is 1.54. The number of rotatable bonds is 4. The average Bonchev–Trinajstić information content (AvgIpc) is 3.36. The number of thiazole rings is 1. The molecule has 0 bridgehead atoms. The number of methoxy groups -OCH3 is 2. The molecule has 1 aliphatic heterocycles. The summed E-state index contributed by atoms with van der Waals surface area (Å²) < 4.78 is 12.5. The van der Waals surface area contributed by atoms with Crippen LogP contribution in [-0.4, -0.2) is 24.8 Å². The second kappa shape index (κ2) is 7.81. The van der Waals surface area contributed by atoms with Crippen molar-refractivity contribution in [1.29, 1.82) is 0 Å². The lowest BCUT2D eigenvalue weighted by atomic mass is 10.0. The lowest BCUT2D eigenvalue weighted by Crippen LogP contribution is -2.39. The number of carbonyl (C=O) groups is 1. The molecular weight excluding hydrogens is 408 g/mol. The molecule has 0 saturated carbocycles. The summed E-state index contributed by atoms with van der Waals surface area (Å²) >= 11 is 2.78. The zero-order chi connectivity index (χ0) is 20.5. The van der Waals surface area contributed by atoms with E-state index in [1.54, 1.807) is 24.7 Å². The molecule has 29 heavy (non-hydrogen) atoms. The fourth-order valence-electron chi connectivity index (χ4n) is 3.34. The van der Waals surface area contributed by atoms with Gasteiger partial charge in [-0.3, -0.25) is 9.36 Å². The minimum atomic E-state index is -0.557. The predicted octanol–water partition coefficient (Wildman–Crippen LogP) is 2.48. The van der Waals surface area contributed by atoms with E-state index >= 15 is 0 Å². The van der Waals surface area contributed by atoms with Crippen molar-refractivity contribution in [1.82, 2.24) is 4.57 Å². The topological polar surface area (TPSA) is 69.9 Å². The van der Waals surface area contributed by atoms with E-state index in [-0.39, 0.29) is 5.56 Å². The molecule has 1 aliphatic rings. The Morgan fingerprint density at radius 3 is 2.69 bits per heavy atom. The number of para-hydroxylation sites is 1. The minimum Gasteiger partial charge on any atom is -0.496 e. The van der Waals surface area contributed by atoms with Gasteiger partial charge >= 0.3 is 5.97 Å². The Kier molecular flexibility index (Phi) is 5.21. The molecule has 4 rings (SSSR count). The Labute approximate surface area is 174 Å². The van der Waals surface area contributed by atoms with Crippen molar-refractivity contribution in [3.8, 4) is 5.75 Å². The van der Waals surface area contributed by atoms with Crippen LogP contribution in [-0.2, 0) is 9.53 Å². The lowest BCUT2D eigenvalue weighted by Gasteiger charge is -2.22. The largest absolute Gasteiger partial charge is 0.496 e. The van der Waals surface area contributed by atoms with Gasteiger partial charge in [0.05, 0.1) is 30.0 Å². The molecule has 0 amide bonds. The van der Waals surface area contributed by atoms with Crippen molar-refractivity contribution in [2.75, 3.05) is 14.2 Å². The predicted molar refractivity (Wildman–Crippen MR) is 113 cm³/mol. The van der Waals surface area contributed by atoms with Gasteiger partial charge in [0.15, 0.2) is 4.80 Å². The van der Waals surface area contributed by atoms with Crippen LogP contribution in [0.4, 0.5) is 0 Å². The van der Waals surface area contributed by atoms with E-state index in [1.165, 1.54) is 29.8 Å². The van der Waals surface area contributed by atoms with E-state index in [2.05, 4.69) is 4.99 Å². The fourth-order valence-corrected chi connectivity index (χ4v) is 5.20. The highest BCUT2D eigenvalue weighted by Gasteiger charge is 2.33. The van der Waals surface area contributed by atoms with Gasteiger partial charge < -0.3 is 9.47 Å². The molecule has 2 aromatic heterocycles. The number of allylic oxidation sites excluding steroid dienone is 1. The molecule has 0 spiro atoms. The summed E-state index contributed by atoms with van der Waals surface area (Å²) in [6, 6.07) is 10.7. The molecule has 6 nitrogen and oxygen atoms in total. The number of ether oxygens (including phenoxy) is 2. The minimum absolute atomic E-state index is 0.202. The molecule has 148 valence electrons. The van der Waals surface area contributed by atoms with Gasteiger partial charge in [-0.15, -0.1) is 11.3 Å². The maximum Gasteiger partial charge on any atom is 0.338 e. The van der Waals surface area contributed by atoms with Gasteiger partial charge in [0, 0.05) is 10.4 Å². The number of fused-ring (bicyclic) bond motifs is 1. The third kappa shape index (κ3) is 3.34. The first-order chi connectivity index (χ1) is 14.0. The molecule has 1 aromatic carbocycles. The third-order valence-corrected chi connectivity index (χ3v) is 6.57. The Morgan fingerprint density at radius 1 is 1.21 bits per heavy atom. The molecular formula is C21H18N2O4S2. The first kappa shape index (κ1) is 19.4. The molecule has 0 radical (unpaired) electrons. The van der Waals surface area contributed by atoms with Crippen molar-refractivity contribution < 1.29 is 14.3 Å². The number of thiophene rings is 1. The number of nitrogens with zero attached hydrogens (tertiary/aromatic N) is 2. The van der Waals surface area contributed by atoms with Crippen LogP contribution in [0.5, 0.6) is 5.75 Å². The van der Waals surface area contributed by atoms with Crippen LogP contribution in [0.15, 0.2) is 62.8 Å². The van der Waals surface area contributed by atoms with Crippen LogP contribution in [0.1, 0.15) is 23.4 Å². The summed E-state index contributed by atoms with van der Waals surface area (Å²) in [4.78, 5) is 31.8. The molecule has 0 N–H and O–H groups in total. The quantitative estimate of drug-likeness (QED) is 0.601. The summed E-state index contributed by atoms with van der Waals surface area (Å²) in [6.45, 7) is 1.77. The smallest absolute Gasteiger partial charge is 0.338 e. The standard InChI is InChI=1S/C21H18N2O4S2/c1-12-17(20(25)27-3)18(15-9-6-10-28-15)23-19(24)16(29-21(23)22-12)11-13-7-4-5-8-14(13)26-2/h4-11,18H,1-3H3/b16-11-/t18-/m0/s1. The van der Waals surface area contributed by atoms with Gasteiger partial charge in [-0.2, -0.15) is 0 Å². The number of hydrogen-bond acceptors (Lipinski definition) is 7. The van der Waals surface area contributed by atoms with Crippen molar-refractivity contribution in [3.05, 3.63) is 83.2 Å². The van der Waals surface area contributed by atoms with E-state index in [9.17, 15) is 9.59 Å². The van der Waals surface area contributed by atoms with E-state index in [0.29, 0.717) is 26.4 Å². The van der Waals surface area contributed by atoms with Crippen LogP contribution in [0.3, 0.4) is 0 Å². The number of benzene rings is 1. The van der Waals surface area contributed by atoms with Crippen LogP contribution in [0, 0.1) is 0 Å². The molecule has 0 fully saturated rings. The monoisotopic (exact) mass is 426 g/mol. The Bertz CT molecular complexity index is 1280. The maximum absolute atomic E-state index is 13.4. The number of aromatic nitrogens is 1. The molecule has 0 unspecified atom stereocenters.